The second-order valence-electron chi connectivity index (χ2n) is 8.37. The number of aromatic amines is 1. The summed E-state index contributed by atoms with van der Waals surface area (Å²) in [5.74, 6) is -0.254. The molecule has 0 radical (unpaired) electrons. The Labute approximate surface area is 191 Å². The van der Waals surface area contributed by atoms with Crippen LogP contribution in [0, 0.1) is 6.92 Å². The van der Waals surface area contributed by atoms with Crippen molar-refractivity contribution in [1.82, 2.24) is 9.97 Å². The number of aryl methyl sites for hydroxylation is 1. The van der Waals surface area contributed by atoms with E-state index in [0.717, 1.165) is 29.1 Å². The lowest BCUT2D eigenvalue weighted by Crippen LogP contribution is -2.20. The molecule has 1 amide bonds. The number of benzene rings is 2. The number of sulfone groups is 1. The van der Waals surface area contributed by atoms with E-state index in [2.05, 4.69) is 15.3 Å². The Morgan fingerprint density at radius 2 is 1.81 bits per heavy atom. The van der Waals surface area contributed by atoms with E-state index in [-0.39, 0.29) is 27.1 Å². The zero-order chi connectivity index (χ0) is 23.5. The first kappa shape index (κ1) is 23.7. The number of anilines is 1. The van der Waals surface area contributed by atoms with E-state index in [1.807, 2.05) is 45.9 Å². The Morgan fingerprint density at radius 3 is 2.41 bits per heavy atom. The van der Waals surface area contributed by atoms with Gasteiger partial charge in [-0.05, 0) is 47.7 Å². The number of hydrogen-bond acceptors (Lipinski definition) is 6. The maximum atomic E-state index is 12.9. The van der Waals surface area contributed by atoms with Gasteiger partial charge in [0.1, 0.15) is 0 Å². The van der Waals surface area contributed by atoms with E-state index in [4.69, 9.17) is 0 Å². The molecule has 2 aromatic carbocycles. The molecule has 0 saturated heterocycles. The number of aromatic nitrogens is 2. The largest absolute Gasteiger partial charge is 0.325 e. The van der Waals surface area contributed by atoms with Gasteiger partial charge in [0.15, 0.2) is 10.1 Å². The van der Waals surface area contributed by atoms with Gasteiger partial charge in [-0.25, -0.2) is 13.4 Å². The topological polar surface area (TPSA) is 109 Å². The van der Waals surface area contributed by atoms with Gasteiger partial charge in [0, 0.05) is 5.69 Å². The average molecular weight is 472 g/mol. The highest BCUT2D eigenvalue weighted by molar-refractivity contribution is 7.99. The fourth-order valence-electron chi connectivity index (χ4n) is 2.95. The second-order valence-corrected chi connectivity index (χ2v) is 11.2. The molecule has 0 spiro atoms. The fraction of sp³-hybridized carbons (Fsp3) is 0.261. The van der Waals surface area contributed by atoms with Crippen LogP contribution in [0.1, 0.15) is 31.9 Å². The molecule has 1 heterocycles. The lowest BCUT2D eigenvalue weighted by Gasteiger charge is -2.19. The molecule has 0 bridgehead atoms. The molecule has 0 aliphatic carbocycles. The van der Waals surface area contributed by atoms with Crippen molar-refractivity contribution in [2.24, 2.45) is 0 Å². The Bertz CT molecular complexity index is 1290. The number of amides is 1. The van der Waals surface area contributed by atoms with Gasteiger partial charge in [-0.2, -0.15) is 0 Å². The summed E-state index contributed by atoms with van der Waals surface area (Å²) in [6.07, 6.45) is 1.03. The fourth-order valence-corrected chi connectivity index (χ4v) is 4.81. The standard InChI is InChI=1S/C23H25N3O4S2/c1-15-6-5-7-17(12-15)25-20(27)14-31-22-24-13-19(21(28)26-22)32(29,30)18-10-8-16(9-11-18)23(2,3)4/h5-13H,14H2,1-4H3,(H,25,27)(H,24,26,28). The summed E-state index contributed by atoms with van der Waals surface area (Å²) in [5.41, 5.74) is 1.79. The molecular formula is C23H25N3O4S2. The zero-order valence-electron chi connectivity index (χ0n) is 18.3. The van der Waals surface area contributed by atoms with Gasteiger partial charge in [0.25, 0.3) is 5.56 Å². The van der Waals surface area contributed by atoms with Gasteiger partial charge in [-0.1, -0.05) is 56.8 Å². The molecule has 0 aliphatic heterocycles. The minimum atomic E-state index is -4.02. The van der Waals surface area contributed by atoms with Crippen LogP contribution in [0.25, 0.3) is 0 Å². The maximum Gasteiger partial charge on any atom is 0.270 e. The van der Waals surface area contributed by atoms with Crippen LogP contribution in [0.2, 0.25) is 0 Å². The Balaban J connectivity index is 1.71. The lowest BCUT2D eigenvalue weighted by molar-refractivity contribution is -0.113. The number of H-pyrrole nitrogens is 1. The van der Waals surface area contributed by atoms with Gasteiger partial charge < -0.3 is 10.3 Å². The summed E-state index contributed by atoms with van der Waals surface area (Å²) < 4.78 is 25.8. The third kappa shape index (κ3) is 5.66. The number of nitrogens with zero attached hydrogens (tertiary/aromatic N) is 1. The normalized spacial score (nSPS) is 11.9. The molecule has 7 nitrogen and oxygen atoms in total. The summed E-state index contributed by atoms with van der Waals surface area (Å²) in [6, 6.07) is 13.9. The summed E-state index contributed by atoms with van der Waals surface area (Å²) in [5, 5.41) is 2.93. The quantitative estimate of drug-likeness (QED) is 0.416. The number of nitrogens with one attached hydrogen (secondary N) is 2. The number of carbonyl (C=O) groups excluding carboxylic acids is 1. The lowest BCUT2D eigenvalue weighted by atomic mass is 9.87. The highest BCUT2D eigenvalue weighted by atomic mass is 32.2. The van der Waals surface area contributed by atoms with Crippen molar-refractivity contribution in [3.63, 3.8) is 0 Å². The van der Waals surface area contributed by atoms with E-state index < -0.39 is 20.3 Å². The van der Waals surface area contributed by atoms with Crippen LogP contribution in [0.5, 0.6) is 0 Å². The Hall–Kier alpha value is -2.91. The van der Waals surface area contributed by atoms with Crippen LogP contribution >= 0.6 is 11.8 Å². The van der Waals surface area contributed by atoms with Crippen molar-refractivity contribution in [3.8, 4) is 0 Å². The third-order valence-corrected chi connectivity index (χ3v) is 7.36. The van der Waals surface area contributed by atoms with Gasteiger partial charge in [-0.3, -0.25) is 9.59 Å². The minimum Gasteiger partial charge on any atom is -0.325 e. The maximum absolute atomic E-state index is 12.9. The monoisotopic (exact) mass is 471 g/mol. The number of carbonyl (C=O) groups is 1. The van der Waals surface area contributed by atoms with Crippen LogP contribution in [0.15, 0.2) is 74.5 Å². The molecule has 0 fully saturated rings. The summed E-state index contributed by atoms with van der Waals surface area (Å²) in [6.45, 7) is 8.02. The van der Waals surface area contributed by atoms with E-state index in [1.165, 1.54) is 12.1 Å². The summed E-state index contributed by atoms with van der Waals surface area (Å²) in [4.78, 5) is 30.7. The van der Waals surface area contributed by atoms with Crippen molar-refractivity contribution in [2.75, 3.05) is 11.1 Å². The van der Waals surface area contributed by atoms with Crippen LogP contribution in [-0.4, -0.2) is 30.0 Å². The first-order chi connectivity index (χ1) is 15.0. The molecule has 0 unspecified atom stereocenters. The molecule has 0 aliphatic rings. The van der Waals surface area contributed by atoms with Gasteiger partial charge in [-0.15, -0.1) is 0 Å². The van der Waals surface area contributed by atoms with E-state index in [9.17, 15) is 18.0 Å². The summed E-state index contributed by atoms with van der Waals surface area (Å²) >= 11 is 1.01. The SMILES string of the molecule is Cc1cccc(NC(=O)CSc2ncc(S(=O)(=O)c3ccc(C(C)(C)C)cc3)c(=O)[nH]2)c1. The first-order valence-corrected chi connectivity index (χ1v) is 12.4. The molecule has 0 atom stereocenters. The van der Waals surface area contributed by atoms with Gasteiger partial charge >= 0.3 is 0 Å². The van der Waals surface area contributed by atoms with Crippen molar-refractivity contribution < 1.29 is 13.2 Å². The molecular weight excluding hydrogens is 446 g/mol. The van der Waals surface area contributed by atoms with E-state index in [1.54, 1.807) is 18.2 Å². The Kier molecular flexibility index (Phi) is 6.90. The number of hydrogen-bond donors (Lipinski definition) is 2. The predicted octanol–water partition coefficient (Wildman–Crippen LogP) is 3.94. The molecule has 0 saturated carbocycles. The number of thioether (sulfide) groups is 1. The molecule has 3 rings (SSSR count). The van der Waals surface area contributed by atoms with Crippen LogP contribution in [0.4, 0.5) is 5.69 Å². The van der Waals surface area contributed by atoms with Crippen LogP contribution in [-0.2, 0) is 20.0 Å². The van der Waals surface area contributed by atoms with Crippen molar-refractivity contribution in [2.45, 2.75) is 48.1 Å². The first-order valence-electron chi connectivity index (χ1n) is 9.91. The highest BCUT2D eigenvalue weighted by Gasteiger charge is 2.23. The average Bonchev–Trinajstić information content (AvgIpc) is 2.71. The summed E-state index contributed by atoms with van der Waals surface area (Å²) in [7, 11) is -4.02. The van der Waals surface area contributed by atoms with Crippen molar-refractivity contribution in [3.05, 3.63) is 76.2 Å². The second kappa shape index (κ2) is 9.30. The molecule has 168 valence electrons. The number of rotatable bonds is 6. The van der Waals surface area contributed by atoms with Gasteiger partial charge in [0.2, 0.25) is 15.7 Å². The third-order valence-electron chi connectivity index (χ3n) is 4.71. The van der Waals surface area contributed by atoms with Crippen molar-refractivity contribution in [1.29, 1.82) is 0 Å². The molecule has 2 N–H and O–H groups in total. The zero-order valence-corrected chi connectivity index (χ0v) is 19.9. The minimum absolute atomic E-state index is 0.0112. The van der Waals surface area contributed by atoms with Crippen molar-refractivity contribution >= 4 is 33.2 Å². The van der Waals surface area contributed by atoms with E-state index in [0.29, 0.717) is 5.69 Å². The molecule has 3 aromatic rings. The van der Waals surface area contributed by atoms with Gasteiger partial charge in [0.05, 0.1) is 16.8 Å². The van der Waals surface area contributed by atoms with Crippen LogP contribution < -0.4 is 10.9 Å². The highest BCUT2D eigenvalue weighted by Crippen LogP contribution is 2.25. The Morgan fingerprint density at radius 1 is 1.12 bits per heavy atom. The van der Waals surface area contributed by atoms with Crippen LogP contribution in [0.3, 0.4) is 0 Å². The van der Waals surface area contributed by atoms with E-state index >= 15 is 0 Å². The molecule has 32 heavy (non-hydrogen) atoms. The molecule has 9 heteroatoms. The smallest absolute Gasteiger partial charge is 0.270 e. The molecule has 1 aromatic heterocycles. The predicted molar refractivity (Wildman–Crippen MR) is 126 cm³/mol.